The Morgan fingerprint density at radius 3 is 2.55 bits per heavy atom. The summed E-state index contributed by atoms with van der Waals surface area (Å²) >= 11 is 0. The number of hydrogen-bond donors (Lipinski definition) is 2. The lowest BCUT2D eigenvalue weighted by molar-refractivity contribution is -0.234. The van der Waals surface area contributed by atoms with Crippen LogP contribution in [0.25, 0.3) is 0 Å². The standard InChI is InChI=1S/C18H34O4/c1-4-5-6-7-8-9-14-10-11-18(21-14)12-15(20)16(22-18)17(2,3)13-19/h14-16,19-20H,4-13H2,1-3H3/t14-,15-,16+,18?/m1/s1. The van der Waals surface area contributed by atoms with Crippen LogP contribution in [0, 0.1) is 5.41 Å². The van der Waals surface area contributed by atoms with Crippen molar-refractivity contribution < 1.29 is 19.7 Å². The van der Waals surface area contributed by atoms with Crippen LogP contribution in [-0.4, -0.2) is 40.9 Å². The zero-order valence-corrected chi connectivity index (χ0v) is 14.5. The molecule has 2 fully saturated rings. The van der Waals surface area contributed by atoms with Gasteiger partial charge >= 0.3 is 0 Å². The molecule has 0 aliphatic carbocycles. The van der Waals surface area contributed by atoms with Gasteiger partial charge in [-0.2, -0.15) is 0 Å². The van der Waals surface area contributed by atoms with E-state index in [1.165, 1.54) is 32.1 Å². The van der Waals surface area contributed by atoms with Gasteiger partial charge in [0, 0.05) is 18.3 Å². The third kappa shape index (κ3) is 4.22. The molecule has 0 saturated carbocycles. The maximum atomic E-state index is 10.3. The first-order valence-electron chi connectivity index (χ1n) is 9.07. The van der Waals surface area contributed by atoms with Crippen LogP contribution in [0.3, 0.4) is 0 Å². The molecule has 2 aliphatic heterocycles. The lowest BCUT2D eigenvalue weighted by Crippen LogP contribution is -2.40. The first-order valence-corrected chi connectivity index (χ1v) is 9.07. The molecule has 4 atom stereocenters. The molecule has 4 nitrogen and oxygen atoms in total. The third-order valence-corrected chi connectivity index (χ3v) is 5.25. The lowest BCUT2D eigenvalue weighted by Gasteiger charge is -2.32. The van der Waals surface area contributed by atoms with E-state index >= 15 is 0 Å². The monoisotopic (exact) mass is 314 g/mol. The van der Waals surface area contributed by atoms with Gasteiger partial charge in [0.15, 0.2) is 5.79 Å². The molecule has 1 spiro atoms. The third-order valence-electron chi connectivity index (χ3n) is 5.25. The zero-order valence-electron chi connectivity index (χ0n) is 14.5. The molecule has 22 heavy (non-hydrogen) atoms. The number of ether oxygens (including phenoxy) is 2. The van der Waals surface area contributed by atoms with Gasteiger partial charge in [0.1, 0.15) is 0 Å². The Morgan fingerprint density at radius 2 is 1.86 bits per heavy atom. The second-order valence-electron chi connectivity index (χ2n) is 7.85. The van der Waals surface area contributed by atoms with E-state index < -0.39 is 17.3 Å². The Bertz CT molecular complexity index is 344. The van der Waals surface area contributed by atoms with Crippen LogP contribution in [0.5, 0.6) is 0 Å². The van der Waals surface area contributed by atoms with Crippen LogP contribution in [-0.2, 0) is 9.47 Å². The van der Waals surface area contributed by atoms with E-state index in [0.717, 1.165) is 19.3 Å². The second-order valence-corrected chi connectivity index (χ2v) is 7.85. The van der Waals surface area contributed by atoms with Gasteiger partial charge in [-0.25, -0.2) is 0 Å². The minimum absolute atomic E-state index is 0.00562. The lowest BCUT2D eigenvalue weighted by atomic mass is 9.84. The number of rotatable bonds is 8. The van der Waals surface area contributed by atoms with Gasteiger partial charge in [0.2, 0.25) is 0 Å². The van der Waals surface area contributed by atoms with Crippen molar-refractivity contribution >= 4 is 0 Å². The highest BCUT2D eigenvalue weighted by molar-refractivity contribution is 4.97. The van der Waals surface area contributed by atoms with Crippen molar-refractivity contribution in [2.24, 2.45) is 5.41 Å². The SMILES string of the molecule is CCCCCCC[C@@H]1CCC2(C[C@@H](O)[C@@H](C(C)(C)CO)O2)O1. The van der Waals surface area contributed by atoms with Crippen LogP contribution in [0.15, 0.2) is 0 Å². The van der Waals surface area contributed by atoms with Crippen molar-refractivity contribution in [1.29, 1.82) is 0 Å². The molecular weight excluding hydrogens is 280 g/mol. The molecule has 4 heteroatoms. The normalized spacial score (nSPS) is 35.6. The fraction of sp³-hybridized carbons (Fsp3) is 1.00. The average molecular weight is 314 g/mol. The van der Waals surface area contributed by atoms with E-state index in [0.29, 0.717) is 6.42 Å². The molecule has 130 valence electrons. The summed E-state index contributed by atoms with van der Waals surface area (Å²) in [5.41, 5.74) is -0.440. The van der Waals surface area contributed by atoms with E-state index in [9.17, 15) is 10.2 Å². The van der Waals surface area contributed by atoms with Gasteiger partial charge in [0.25, 0.3) is 0 Å². The summed E-state index contributed by atoms with van der Waals surface area (Å²) in [6, 6.07) is 0. The van der Waals surface area contributed by atoms with E-state index in [2.05, 4.69) is 6.92 Å². The minimum Gasteiger partial charge on any atom is -0.396 e. The van der Waals surface area contributed by atoms with Crippen LogP contribution in [0.4, 0.5) is 0 Å². The Balaban J connectivity index is 1.80. The van der Waals surface area contributed by atoms with Crippen molar-refractivity contribution in [3.8, 4) is 0 Å². The van der Waals surface area contributed by atoms with Crippen LogP contribution >= 0.6 is 0 Å². The van der Waals surface area contributed by atoms with Crippen molar-refractivity contribution in [3.05, 3.63) is 0 Å². The Labute approximate surface area is 135 Å². The number of aliphatic hydroxyl groups excluding tert-OH is 2. The zero-order chi connectivity index (χ0) is 16.2. The summed E-state index contributed by atoms with van der Waals surface area (Å²) in [4.78, 5) is 0. The molecule has 0 aromatic rings. The fourth-order valence-corrected chi connectivity index (χ4v) is 3.77. The summed E-state index contributed by atoms with van der Waals surface area (Å²) in [5.74, 6) is -0.607. The molecule has 0 amide bonds. The van der Waals surface area contributed by atoms with Crippen molar-refractivity contribution in [2.75, 3.05) is 6.61 Å². The minimum atomic E-state index is -0.607. The summed E-state index contributed by atoms with van der Waals surface area (Å²) < 4.78 is 12.3. The number of unbranched alkanes of at least 4 members (excludes halogenated alkanes) is 4. The summed E-state index contributed by atoms with van der Waals surface area (Å²) in [7, 11) is 0. The van der Waals surface area contributed by atoms with Crippen LogP contribution < -0.4 is 0 Å². The van der Waals surface area contributed by atoms with Crippen LogP contribution in [0.1, 0.15) is 78.6 Å². The maximum absolute atomic E-state index is 10.3. The van der Waals surface area contributed by atoms with Gasteiger partial charge in [-0.3, -0.25) is 0 Å². The van der Waals surface area contributed by atoms with E-state index in [1.54, 1.807) is 0 Å². The molecule has 2 aliphatic rings. The first kappa shape index (κ1) is 18.2. The van der Waals surface area contributed by atoms with Gasteiger partial charge in [-0.05, 0) is 12.8 Å². The van der Waals surface area contributed by atoms with Gasteiger partial charge in [-0.15, -0.1) is 0 Å². The average Bonchev–Trinajstić information content (AvgIpc) is 3.03. The summed E-state index contributed by atoms with van der Waals surface area (Å²) in [6.07, 6.45) is 9.30. The molecule has 2 heterocycles. The van der Waals surface area contributed by atoms with Crippen molar-refractivity contribution in [3.63, 3.8) is 0 Å². The Morgan fingerprint density at radius 1 is 1.14 bits per heavy atom. The number of hydrogen-bond acceptors (Lipinski definition) is 4. The Kier molecular flexibility index (Phi) is 6.29. The topological polar surface area (TPSA) is 58.9 Å². The fourth-order valence-electron chi connectivity index (χ4n) is 3.77. The summed E-state index contributed by atoms with van der Waals surface area (Å²) in [5, 5.41) is 19.8. The molecule has 2 saturated heterocycles. The van der Waals surface area contributed by atoms with Crippen LogP contribution in [0.2, 0.25) is 0 Å². The molecule has 2 N–H and O–H groups in total. The first-order chi connectivity index (χ1) is 10.4. The quantitative estimate of drug-likeness (QED) is 0.674. The van der Waals surface area contributed by atoms with E-state index in [1.807, 2.05) is 13.8 Å². The molecule has 2 rings (SSSR count). The smallest absolute Gasteiger partial charge is 0.171 e. The molecular formula is C18H34O4. The predicted octanol–water partition coefficient (Wildman–Crippen LogP) is 3.39. The highest BCUT2D eigenvalue weighted by Crippen LogP contribution is 2.47. The van der Waals surface area contributed by atoms with Gasteiger partial charge < -0.3 is 19.7 Å². The van der Waals surface area contributed by atoms with Gasteiger partial charge in [-0.1, -0.05) is 52.9 Å². The van der Waals surface area contributed by atoms with E-state index in [-0.39, 0.29) is 18.8 Å². The molecule has 0 aromatic heterocycles. The molecule has 0 radical (unpaired) electrons. The molecule has 0 aromatic carbocycles. The van der Waals surface area contributed by atoms with Crippen molar-refractivity contribution in [2.45, 2.75) is 103 Å². The van der Waals surface area contributed by atoms with Gasteiger partial charge in [0.05, 0.1) is 24.9 Å². The number of aliphatic hydroxyl groups is 2. The highest BCUT2D eigenvalue weighted by atomic mass is 16.7. The maximum Gasteiger partial charge on any atom is 0.171 e. The molecule has 0 bridgehead atoms. The molecule has 1 unspecified atom stereocenters. The largest absolute Gasteiger partial charge is 0.396 e. The predicted molar refractivity (Wildman–Crippen MR) is 86.6 cm³/mol. The van der Waals surface area contributed by atoms with Crippen molar-refractivity contribution in [1.82, 2.24) is 0 Å². The Hall–Kier alpha value is -0.160. The van der Waals surface area contributed by atoms with E-state index in [4.69, 9.17) is 9.47 Å². The summed E-state index contributed by atoms with van der Waals surface area (Å²) in [6.45, 7) is 6.10. The second kappa shape index (κ2) is 7.61. The highest BCUT2D eigenvalue weighted by Gasteiger charge is 2.54.